The van der Waals surface area contributed by atoms with Crippen LogP contribution in [0.2, 0.25) is 0 Å². The largest absolute Gasteiger partial charge is 0.496 e. The number of hydrogen-bond acceptors (Lipinski definition) is 2. The van der Waals surface area contributed by atoms with Gasteiger partial charge in [0.05, 0.1) is 7.11 Å². The molecule has 1 aromatic carbocycles. The number of ether oxygens (including phenoxy) is 1. The molecule has 0 saturated heterocycles. The molecule has 1 aromatic heterocycles. The van der Waals surface area contributed by atoms with Crippen molar-refractivity contribution in [1.82, 2.24) is 9.88 Å². The Labute approximate surface area is 143 Å². The molecule has 1 saturated carbocycles. The summed E-state index contributed by atoms with van der Waals surface area (Å²) in [6.45, 7) is 4.91. The van der Waals surface area contributed by atoms with E-state index in [-0.39, 0.29) is 5.91 Å². The lowest BCUT2D eigenvalue weighted by molar-refractivity contribution is -0.121. The molecule has 0 unspecified atom stereocenters. The first-order valence-corrected chi connectivity index (χ1v) is 8.66. The number of methoxy groups -OCH3 is 1. The number of rotatable bonds is 7. The van der Waals surface area contributed by atoms with Crippen LogP contribution in [0.25, 0.3) is 0 Å². The molecule has 0 radical (unpaired) electrons. The minimum Gasteiger partial charge on any atom is -0.496 e. The fraction of sp³-hybridized carbons (Fsp3) is 0.450. The summed E-state index contributed by atoms with van der Waals surface area (Å²) in [6.07, 6.45) is 3.72. The summed E-state index contributed by atoms with van der Waals surface area (Å²) >= 11 is 0. The van der Waals surface area contributed by atoms with E-state index in [0.717, 1.165) is 11.3 Å². The maximum atomic E-state index is 12.2. The summed E-state index contributed by atoms with van der Waals surface area (Å²) in [4.78, 5) is 12.2. The second-order valence-corrected chi connectivity index (χ2v) is 6.59. The van der Waals surface area contributed by atoms with E-state index >= 15 is 0 Å². The van der Waals surface area contributed by atoms with Gasteiger partial charge in [-0.15, -0.1) is 0 Å². The van der Waals surface area contributed by atoms with Crippen molar-refractivity contribution in [2.75, 3.05) is 7.11 Å². The van der Waals surface area contributed by atoms with E-state index in [1.807, 2.05) is 24.3 Å². The van der Waals surface area contributed by atoms with Gasteiger partial charge in [-0.3, -0.25) is 4.79 Å². The maximum Gasteiger partial charge on any atom is 0.220 e. The average Bonchev–Trinajstić information content (AvgIpc) is 3.37. The molecule has 0 atom stereocenters. The van der Waals surface area contributed by atoms with E-state index in [9.17, 15) is 4.79 Å². The van der Waals surface area contributed by atoms with Crippen LogP contribution in [0.15, 0.2) is 30.3 Å². The molecule has 0 aliphatic heterocycles. The van der Waals surface area contributed by atoms with Gasteiger partial charge in [-0.1, -0.05) is 18.2 Å². The number of nitrogens with one attached hydrogen (secondary N) is 1. The monoisotopic (exact) mass is 326 g/mol. The Kier molecular flexibility index (Phi) is 4.93. The van der Waals surface area contributed by atoms with Crippen LogP contribution < -0.4 is 10.1 Å². The zero-order valence-electron chi connectivity index (χ0n) is 14.8. The van der Waals surface area contributed by atoms with Crippen molar-refractivity contribution in [3.8, 4) is 5.75 Å². The summed E-state index contributed by atoms with van der Waals surface area (Å²) in [5.41, 5.74) is 4.89. The van der Waals surface area contributed by atoms with Gasteiger partial charge in [0.1, 0.15) is 5.75 Å². The number of amides is 1. The first-order chi connectivity index (χ1) is 11.6. The van der Waals surface area contributed by atoms with Gasteiger partial charge in [0, 0.05) is 30.4 Å². The third kappa shape index (κ3) is 3.64. The van der Waals surface area contributed by atoms with E-state index in [0.29, 0.717) is 25.4 Å². The van der Waals surface area contributed by atoms with Gasteiger partial charge >= 0.3 is 0 Å². The smallest absolute Gasteiger partial charge is 0.220 e. The number of carbonyl (C=O) groups is 1. The quantitative estimate of drug-likeness (QED) is 0.843. The topological polar surface area (TPSA) is 43.3 Å². The van der Waals surface area contributed by atoms with E-state index < -0.39 is 0 Å². The summed E-state index contributed by atoms with van der Waals surface area (Å²) in [7, 11) is 1.66. The maximum absolute atomic E-state index is 12.2. The van der Waals surface area contributed by atoms with Crippen molar-refractivity contribution in [2.45, 2.75) is 52.1 Å². The van der Waals surface area contributed by atoms with Crippen LogP contribution in [0.5, 0.6) is 5.75 Å². The zero-order chi connectivity index (χ0) is 17.1. The van der Waals surface area contributed by atoms with Crippen LogP contribution in [0, 0.1) is 13.8 Å². The molecule has 1 amide bonds. The van der Waals surface area contributed by atoms with Crippen LogP contribution >= 0.6 is 0 Å². The normalized spacial score (nSPS) is 13.8. The first kappa shape index (κ1) is 16.6. The predicted octanol–water partition coefficient (Wildman–Crippen LogP) is 3.70. The second kappa shape index (κ2) is 7.12. The third-order valence-electron chi connectivity index (χ3n) is 4.79. The number of para-hydroxylation sites is 1. The highest BCUT2D eigenvalue weighted by Crippen LogP contribution is 2.38. The van der Waals surface area contributed by atoms with Crippen molar-refractivity contribution in [3.63, 3.8) is 0 Å². The number of benzene rings is 1. The molecular formula is C20H26N2O2. The molecule has 1 aliphatic rings. The highest BCUT2D eigenvalue weighted by molar-refractivity contribution is 5.76. The van der Waals surface area contributed by atoms with Crippen LogP contribution in [-0.2, 0) is 17.8 Å². The van der Waals surface area contributed by atoms with Crippen molar-refractivity contribution in [2.24, 2.45) is 0 Å². The van der Waals surface area contributed by atoms with Crippen molar-refractivity contribution in [3.05, 3.63) is 52.8 Å². The van der Waals surface area contributed by atoms with Gasteiger partial charge in [-0.05, 0) is 56.4 Å². The molecule has 0 bridgehead atoms. The fourth-order valence-electron chi connectivity index (χ4n) is 3.36. The molecule has 1 N–H and O–H groups in total. The van der Waals surface area contributed by atoms with Gasteiger partial charge < -0.3 is 14.6 Å². The van der Waals surface area contributed by atoms with E-state index in [1.54, 1.807) is 7.11 Å². The Morgan fingerprint density at radius 3 is 2.71 bits per heavy atom. The molecule has 24 heavy (non-hydrogen) atoms. The molecule has 3 rings (SSSR count). The van der Waals surface area contributed by atoms with Gasteiger partial charge in [-0.2, -0.15) is 0 Å². The Hall–Kier alpha value is -2.23. The minimum absolute atomic E-state index is 0.0807. The first-order valence-electron chi connectivity index (χ1n) is 8.66. The van der Waals surface area contributed by atoms with Gasteiger partial charge in [0.15, 0.2) is 0 Å². The number of aryl methyl sites for hydroxylation is 2. The average molecular weight is 326 g/mol. The lowest BCUT2D eigenvalue weighted by Crippen LogP contribution is -2.23. The predicted molar refractivity (Wildman–Crippen MR) is 95.3 cm³/mol. The number of nitrogens with zero attached hydrogens (tertiary/aromatic N) is 1. The standard InChI is InChI=1S/C20H26N2O2/c1-14-12-17(15(2)22(14)18-9-10-18)13-21-20(23)11-8-16-6-4-5-7-19(16)24-3/h4-7,12,18H,8-11,13H2,1-3H3,(H,21,23). The van der Waals surface area contributed by atoms with E-state index in [2.05, 4.69) is 29.8 Å². The minimum atomic E-state index is 0.0807. The molecule has 4 heteroatoms. The molecular weight excluding hydrogens is 300 g/mol. The second-order valence-electron chi connectivity index (χ2n) is 6.59. The number of carbonyl (C=O) groups excluding carboxylic acids is 1. The Bertz CT molecular complexity index is 729. The van der Waals surface area contributed by atoms with Gasteiger partial charge in [0.2, 0.25) is 5.91 Å². The molecule has 0 spiro atoms. The van der Waals surface area contributed by atoms with Gasteiger partial charge in [-0.25, -0.2) is 0 Å². The zero-order valence-corrected chi connectivity index (χ0v) is 14.8. The Morgan fingerprint density at radius 1 is 1.25 bits per heavy atom. The lowest BCUT2D eigenvalue weighted by Gasteiger charge is -2.10. The van der Waals surface area contributed by atoms with Gasteiger partial charge in [0.25, 0.3) is 0 Å². The van der Waals surface area contributed by atoms with Crippen molar-refractivity contribution in [1.29, 1.82) is 0 Å². The third-order valence-corrected chi connectivity index (χ3v) is 4.79. The highest BCUT2D eigenvalue weighted by atomic mass is 16.5. The summed E-state index contributed by atoms with van der Waals surface area (Å²) < 4.78 is 7.75. The van der Waals surface area contributed by atoms with Crippen LogP contribution in [0.4, 0.5) is 0 Å². The molecule has 4 nitrogen and oxygen atoms in total. The number of hydrogen-bond donors (Lipinski definition) is 1. The van der Waals surface area contributed by atoms with Crippen LogP contribution in [0.3, 0.4) is 0 Å². The van der Waals surface area contributed by atoms with Crippen LogP contribution in [-0.4, -0.2) is 17.6 Å². The number of aromatic nitrogens is 1. The highest BCUT2D eigenvalue weighted by Gasteiger charge is 2.26. The molecule has 1 heterocycles. The van der Waals surface area contributed by atoms with E-state index in [4.69, 9.17) is 4.74 Å². The lowest BCUT2D eigenvalue weighted by atomic mass is 10.1. The molecule has 2 aromatic rings. The summed E-state index contributed by atoms with van der Waals surface area (Å²) in [5, 5.41) is 3.05. The summed E-state index contributed by atoms with van der Waals surface area (Å²) in [5.74, 6) is 0.926. The molecule has 1 aliphatic carbocycles. The SMILES string of the molecule is COc1ccccc1CCC(=O)NCc1cc(C)n(C2CC2)c1C. The Balaban J connectivity index is 1.53. The van der Waals surface area contributed by atoms with Crippen molar-refractivity contribution < 1.29 is 9.53 Å². The Morgan fingerprint density at radius 2 is 2.00 bits per heavy atom. The fourth-order valence-corrected chi connectivity index (χ4v) is 3.36. The molecule has 128 valence electrons. The van der Waals surface area contributed by atoms with E-state index in [1.165, 1.54) is 29.8 Å². The van der Waals surface area contributed by atoms with Crippen LogP contribution in [0.1, 0.15) is 47.8 Å². The van der Waals surface area contributed by atoms with Crippen molar-refractivity contribution >= 4 is 5.91 Å². The molecule has 1 fully saturated rings. The summed E-state index contributed by atoms with van der Waals surface area (Å²) in [6, 6.07) is 10.7.